The Morgan fingerprint density at radius 1 is 1.42 bits per heavy atom. The largest absolute Gasteiger partial charge is 0.459 e. The van der Waals surface area contributed by atoms with E-state index >= 15 is 0 Å². The SMILES string of the molecule is Cc1ccc(-c2nc(C)c(C(=O)NC(C)(CN)C3CC3)s2)o1.Cl.Cl. The van der Waals surface area contributed by atoms with Crippen molar-refractivity contribution in [3.05, 3.63) is 28.5 Å². The van der Waals surface area contributed by atoms with Crippen molar-refractivity contribution in [3.8, 4) is 10.8 Å². The van der Waals surface area contributed by atoms with Crippen molar-refractivity contribution in [2.75, 3.05) is 6.54 Å². The zero-order chi connectivity index (χ0) is 15.9. The maximum Gasteiger partial charge on any atom is 0.263 e. The Hall–Kier alpha value is -1.08. The molecule has 1 aliphatic carbocycles. The number of thiazole rings is 1. The van der Waals surface area contributed by atoms with E-state index in [1.165, 1.54) is 11.3 Å². The van der Waals surface area contributed by atoms with Gasteiger partial charge in [-0.3, -0.25) is 4.79 Å². The average molecular weight is 392 g/mol. The first-order chi connectivity index (χ1) is 10.4. The first-order valence-corrected chi connectivity index (χ1v) is 8.31. The van der Waals surface area contributed by atoms with Crippen LogP contribution in [0.1, 0.15) is 40.9 Å². The van der Waals surface area contributed by atoms with Crippen molar-refractivity contribution in [3.63, 3.8) is 0 Å². The van der Waals surface area contributed by atoms with Gasteiger partial charge in [0.1, 0.15) is 10.6 Å². The van der Waals surface area contributed by atoms with E-state index in [0.717, 1.165) is 29.3 Å². The lowest BCUT2D eigenvalue weighted by Crippen LogP contribution is -2.53. The average Bonchev–Trinajstić information content (AvgIpc) is 3.15. The second-order valence-electron chi connectivity index (χ2n) is 6.19. The lowest BCUT2D eigenvalue weighted by molar-refractivity contribution is 0.0901. The molecule has 8 heteroatoms. The van der Waals surface area contributed by atoms with Crippen LogP contribution in [0.15, 0.2) is 16.5 Å². The second kappa shape index (κ2) is 7.87. The number of amides is 1. The minimum Gasteiger partial charge on any atom is -0.459 e. The van der Waals surface area contributed by atoms with Gasteiger partial charge in [0, 0.05) is 6.54 Å². The highest BCUT2D eigenvalue weighted by atomic mass is 35.5. The summed E-state index contributed by atoms with van der Waals surface area (Å²) in [6.45, 7) is 6.21. The van der Waals surface area contributed by atoms with Crippen LogP contribution in [0, 0.1) is 19.8 Å². The maximum absolute atomic E-state index is 12.6. The number of hydrogen-bond donors (Lipinski definition) is 2. The molecule has 1 fully saturated rings. The number of carbonyl (C=O) groups is 1. The van der Waals surface area contributed by atoms with Gasteiger partial charge in [0.25, 0.3) is 5.91 Å². The van der Waals surface area contributed by atoms with E-state index in [4.69, 9.17) is 10.2 Å². The van der Waals surface area contributed by atoms with Crippen molar-refractivity contribution < 1.29 is 9.21 Å². The van der Waals surface area contributed by atoms with Crippen molar-refractivity contribution >= 4 is 42.1 Å². The molecule has 0 spiro atoms. The fourth-order valence-electron chi connectivity index (χ4n) is 2.62. The normalized spacial score (nSPS) is 15.8. The molecule has 2 aromatic heterocycles. The third kappa shape index (κ3) is 4.11. The van der Waals surface area contributed by atoms with Crippen LogP contribution in [0.3, 0.4) is 0 Å². The molecule has 24 heavy (non-hydrogen) atoms. The first-order valence-electron chi connectivity index (χ1n) is 7.50. The number of furan rings is 1. The monoisotopic (exact) mass is 391 g/mol. The van der Waals surface area contributed by atoms with Crippen molar-refractivity contribution in [1.82, 2.24) is 10.3 Å². The van der Waals surface area contributed by atoms with E-state index in [1.54, 1.807) is 0 Å². The van der Waals surface area contributed by atoms with Gasteiger partial charge in [0.15, 0.2) is 10.8 Å². The third-order valence-electron chi connectivity index (χ3n) is 4.26. The molecule has 1 saturated carbocycles. The summed E-state index contributed by atoms with van der Waals surface area (Å²) in [6.07, 6.45) is 2.26. The Balaban J connectivity index is 0.00000144. The van der Waals surface area contributed by atoms with Crippen LogP contribution in [0.4, 0.5) is 0 Å². The highest BCUT2D eigenvalue weighted by molar-refractivity contribution is 7.17. The quantitative estimate of drug-likeness (QED) is 0.813. The summed E-state index contributed by atoms with van der Waals surface area (Å²) in [5.41, 5.74) is 6.27. The summed E-state index contributed by atoms with van der Waals surface area (Å²) in [5.74, 6) is 1.93. The summed E-state index contributed by atoms with van der Waals surface area (Å²) >= 11 is 1.36. The number of aryl methyl sites for hydroxylation is 2. The summed E-state index contributed by atoms with van der Waals surface area (Å²) in [7, 11) is 0. The standard InChI is InChI=1S/C16H21N3O2S.2ClH/c1-9-4-7-12(21-9)15-18-10(2)13(22-15)14(20)19-16(3,8-17)11-5-6-11;;/h4,7,11H,5-6,8,17H2,1-3H3,(H,19,20);2*1H. The van der Waals surface area contributed by atoms with E-state index in [9.17, 15) is 4.79 Å². The number of nitrogens with two attached hydrogens (primary N) is 1. The number of nitrogens with one attached hydrogen (secondary N) is 1. The molecule has 3 rings (SSSR count). The Labute approximate surface area is 158 Å². The molecule has 5 nitrogen and oxygen atoms in total. The number of carbonyl (C=O) groups excluding carboxylic acids is 1. The Kier molecular flexibility index (Phi) is 6.87. The number of nitrogens with zero attached hydrogens (tertiary/aromatic N) is 1. The number of halogens is 2. The molecule has 2 heterocycles. The molecule has 3 N–H and O–H groups in total. The number of rotatable bonds is 5. The van der Waals surface area contributed by atoms with Crippen molar-refractivity contribution in [2.45, 2.75) is 39.2 Å². The molecule has 1 atom stereocenters. The molecule has 134 valence electrons. The van der Waals surface area contributed by atoms with Crippen LogP contribution in [0.5, 0.6) is 0 Å². The molecule has 1 aliphatic rings. The van der Waals surface area contributed by atoms with Gasteiger partial charge in [-0.05, 0) is 51.7 Å². The van der Waals surface area contributed by atoms with Crippen LogP contribution in [0.2, 0.25) is 0 Å². The summed E-state index contributed by atoms with van der Waals surface area (Å²) in [4.78, 5) is 17.7. The van der Waals surface area contributed by atoms with Crippen molar-refractivity contribution in [2.24, 2.45) is 11.7 Å². The van der Waals surface area contributed by atoms with Crippen LogP contribution in [-0.2, 0) is 0 Å². The van der Waals surface area contributed by atoms with E-state index in [2.05, 4.69) is 10.3 Å². The molecule has 1 unspecified atom stereocenters. The summed E-state index contributed by atoms with van der Waals surface area (Å²) in [5, 5.41) is 3.84. The lowest BCUT2D eigenvalue weighted by Gasteiger charge is -2.29. The van der Waals surface area contributed by atoms with Crippen LogP contribution in [-0.4, -0.2) is 23.0 Å². The Bertz CT molecular complexity index is 712. The molecular weight excluding hydrogens is 369 g/mol. The van der Waals surface area contributed by atoms with Crippen LogP contribution in [0.25, 0.3) is 10.8 Å². The highest BCUT2D eigenvalue weighted by Gasteiger charge is 2.42. The zero-order valence-corrected chi connectivity index (χ0v) is 16.4. The summed E-state index contributed by atoms with van der Waals surface area (Å²) in [6, 6.07) is 3.77. The van der Waals surface area contributed by atoms with Gasteiger partial charge in [0.05, 0.1) is 11.2 Å². The topological polar surface area (TPSA) is 81.2 Å². The molecule has 2 aromatic rings. The highest BCUT2D eigenvalue weighted by Crippen LogP contribution is 2.39. The minimum atomic E-state index is -0.324. The number of aromatic nitrogens is 1. The van der Waals surface area contributed by atoms with Crippen LogP contribution >= 0.6 is 36.2 Å². The van der Waals surface area contributed by atoms with Gasteiger partial charge in [-0.25, -0.2) is 4.98 Å². The van der Waals surface area contributed by atoms with Crippen molar-refractivity contribution in [1.29, 1.82) is 0 Å². The third-order valence-corrected chi connectivity index (χ3v) is 5.43. The lowest BCUT2D eigenvalue weighted by atomic mass is 9.96. The molecule has 0 aromatic carbocycles. The fraction of sp³-hybridized carbons (Fsp3) is 0.500. The molecular formula is C16H23Cl2N3O2S. The Morgan fingerprint density at radius 3 is 2.58 bits per heavy atom. The van der Waals surface area contributed by atoms with Gasteiger partial charge in [-0.1, -0.05) is 0 Å². The van der Waals surface area contributed by atoms with Gasteiger partial charge in [-0.15, -0.1) is 36.2 Å². The zero-order valence-electron chi connectivity index (χ0n) is 13.9. The maximum atomic E-state index is 12.6. The van der Waals surface area contributed by atoms with Gasteiger partial charge in [0.2, 0.25) is 0 Å². The van der Waals surface area contributed by atoms with E-state index in [-0.39, 0.29) is 36.3 Å². The Morgan fingerprint density at radius 2 is 2.08 bits per heavy atom. The summed E-state index contributed by atoms with van der Waals surface area (Å²) < 4.78 is 5.58. The minimum absolute atomic E-state index is 0. The predicted molar refractivity (Wildman–Crippen MR) is 101 cm³/mol. The molecule has 0 bridgehead atoms. The molecule has 0 radical (unpaired) electrons. The van der Waals surface area contributed by atoms with E-state index in [1.807, 2.05) is 32.9 Å². The second-order valence-corrected chi connectivity index (χ2v) is 7.19. The van der Waals surface area contributed by atoms with Gasteiger partial charge >= 0.3 is 0 Å². The number of hydrogen-bond acceptors (Lipinski definition) is 5. The van der Waals surface area contributed by atoms with Gasteiger partial charge < -0.3 is 15.5 Å². The van der Waals surface area contributed by atoms with E-state index in [0.29, 0.717) is 23.1 Å². The molecule has 0 aliphatic heterocycles. The van der Waals surface area contributed by atoms with Gasteiger partial charge in [-0.2, -0.15) is 0 Å². The molecule has 1 amide bonds. The first kappa shape index (κ1) is 21.0. The van der Waals surface area contributed by atoms with E-state index < -0.39 is 0 Å². The smallest absolute Gasteiger partial charge is 0.263 e. The molecule has 0 saturated heterocycles. The fourth-order valence-corrected chi connectivity index (χ4v) is 3.54. The van der Waals surface area contributed by atoms with Crippen LogP contribution < -0.4 is 11.1 Å². The predicted octanol–water partition coefficient (Wildman–Crippen LogP) is 3.72.